The number of amides is 2. The van der Waals surface area contributed by atoms with Crippen LogP contribution in [0.1, 0.15) is 28.8 Å². The summed E-state index contributed by atoms with van der Waals surface area (Å²) in [7, 11) is 3.12. The number of hydrogen-bond donors (Lipinski definition) is 0. The van der Waals surface area contributed by atoms with E-state index in [9.17, 15) is 18.4 Å². The lowest BCUT2D eigenvalue weighted by Gasteiger charge is -2.28. The Labute approximate surface area is 184 Å². The van der Waals surface area contributed by atoms with Crippen molar-refractivity contribution in [3.8, 4) is 11.5 Å². The normalized spacial score (nSPS) is 15.8. The first-order valence-electron chi connectivity index (χ1n) is 9.73. The number of nitrogens with zero attached hydrogens (tertiary/aromatic N) is 2. The second kappa shape index (κ2) is 9.96. The van der Waals surface area contributed by atoms with Crippen LogP contribution in [0.2, 0.25) is 5.02 Å². The first-order chi connectivity index (χ1) is 14.8. The summed E-state index contributed by atoms with van der Waals surface area (Å²) < 4.78 is 34.2. The van der Waals surface area contributed by atoms with Gasteiger partial charge in [0.2, 0.25) is 5.91 Å². The van der Waals surface area contributed by atoms with Crippen LogP contribution in [0.4, 0.5) is 8.78 Å². The van der Waals surface area contributed by atoms with Crippen molar-refractivity contribution >= 4 is 23.4 Å². The molecule has 0 unspecified atom stereocenters. The van der Waals surface area contributed by atoms with E-state index in [-0.39, 0.29) is 24.1 Å². The molecule has 0 aliphatic carbocycles. The predicted molar refractivity (Wildman–Crippen MR) is 112 cm³/mol. The third-order valence-corrected chi connectivity index (χ3v) is 5.37. The summed E-state index contributed by atoms with van der Waals surface area (Å²) >= 11 is 6.05. The lowest BCUT2D eigenvalue weighted by molar-refractivity contribution is -0.134. The van der Waals surface area contributed by atoms with Gasteiger partial charge in [-0.1, -0.05) is 23.7 Å². The fraction of sp³-hybridized carbons (Fsp3) is 0.364. The third-order valence-electron chi connectivity index (χ3n) is 5.14. The molecular weight excluding hydrogens is 430 g/mol. The lowest BCUT2D eigenvalue weighted by Crippen LogP contribution is -2.46. The Balaban J connectivity index is 1.70. The van der Waals surface area contributed by atoms with E-state index in [1.807, 2.05) is 0 Å². The fourth-order valence-electron chi connectivity index (χ4n) is 3.65. The Bertz CT molecular complexity index is 940. The summed E-state index contributed by atoms with van der Waals surface area (Å²) in [5.74, 6) is -0.0559. The first-order valence-corrected chi connectivity index (χ1v) is 10.1. The minimum absolute atomic E-state index is 0.0516. The molecule has 3 rings (SSSR count). The number of methoxy groups -OCH3 is 1. The minimum atomic E-state index is -2.89. The van der Waals surface area contributed by atoms with Crippen molar-refractivity contribution in [3.63, 3.8) is 0 Å². The van der Waals surface area contributed by atoms with E-state index in [2.05, 4.69) is 4.74 Å². The molecule has 9 heteroatoms. The molecule has 166 valence electrons. The van der Waals surface area contributed by atoms with Crippen LogP contribution in [0.15, 0.2) is 42.5 Å². The van der Waals surface area contributed by atoms with E-state index >= 15 is 0 Å². The van der Waals surface area contributed by atoms with Crippen molar-refractivity contribution < 1.29 is 27.8 Å². The molecule has 2 aromatic carbocycles. The molecule has 6 nitrogen and oxygen atoms in total. The summed E-state index contributed by atoms with van der Waals surface area (Å²) in [6, 6.07) is 10.3. The number of halogens is 3. The van der Waals surface area contributed by atoms with Gasteiger partial charge < -0.3 is 19.3 Å². The number of rotatable bonds is 7. The number of likely N-dealkylation sites (tertiary alicyclic amines) is 1. The largest absolute Gasteiger partial charge is 0.496 e. The average molecular weight is 453 g/mol. The van der Waals surface area contributed by atoms with Crippen LogP contribution in [0.25, 0.3) is 0 Å². The van der Waals surface area contributed by atoms with Crippen molar-refractivity contribution in [2.45, 2.75) is 32.0 Å². The number of benzene rings is 2. The monoisotopic (exact) mass is 452 g/mol. The highest BCUT2D eigenvalue weighted by Gasteiger charge is 2.37. The van der Waals surface area contributed by atoms with Gasteiger partial charge in [0.05, 0.1) is 12.7 Å². The molecule has 1 aliphatic rings. The standard InChI is InChI=1S/C22H23ClF2N2O4/c1-26(13-14-5-8-16(9-6-14)31-22(24)25)21(29)18-4-3-11-27(18)20(28)17-12-15(23)7-10-19(17)30-2/h5-10,12,18,22H,3-4,11,13H2,1-2H3/t18-/m0/s1. The van der Waals surface area contributed by atoms with Crippen LogP contribution >= 0.6 is 11.6 Å². The Morgan fingerprint density at radius 2 is 1.94 bits per heavy atom. The van der Waals surface area contributed by atoms with E-state index < -0.39 is 12.7 Å². The molecule has 0 aromatic heterocycles. The highest BCUT2D eigenvalue weighted by Crippen LogP contribution is 2.28. The van der Waals surface area contributed by atoms with E-state index in [1.54, 1.807) is 36.2 Å². The van der Waals surface area contributed by atoms with Crippen LogP contribution in [0.3, 0.4) is 0 Å². The molecule has 0 spiro atoms. The van der Waals surface area contributed by atoms with Gasteiger partial charge in [0.1, 0.15) is 17.5 Å². The highest BCUT2D eigenvalue weighted by atomic mass is 35.5. The minimum Gasteiger partial charge on any atom is -0.496 e. The maximum absolute atomic E-state index is 13.1. The maximum atomic E-state index is 13.1. The zero-order chi connectivity index (χ0) is 22.5. The zero-order valence-corrected chi connectivity index (χ0v) is 17.9. The third kappa shape index (κ3) is 5.44. The van der Waals surface area contributed by atoms with E-state index in [0.29, 0.717) is 35.7 Å². The van der Waals surface area contributed by atoms with Gasteiger partial charge in [-0.05, 0) is 48.7 Å². The van der Waals surface area contributed by atoms with Gasteiger partial charge in [0, 0.05) is 25.2 Å². The second-order valence-corrected chi connectivity index (χ2v) is 7.65. The second-order valence-electron chi connectivity index (χ2n) is 7.22. The quantitative estimate of drug-likeness (QED) is 0.631. The van der Waals surface area contributed by atoms with Gasteiger partial charge in [-0.25, -0.2) is 0 Å². The van der Waals surface area contributed by atoms with Crippen LogP contribution in [-0.2, 0) is 11.3 Å². The number of alkyl halides is 2. The average Bonchev–Trinajstić information content (AvgIpc) is 3.23. The van der Waals surface area contributed by atoms with Gasteiger partial charge in [-0.3, -0.25) is 9.59 Å². The Kier molecular flexibility index (Phi) is 7.33. The van der Waals surface area contributed by atoms with E-state index in [0.717, 1.165) is 5.56 Å². The smallest absolute Gasteiger partial charge is 0.387 e. The number of likely N-dealkylation sites (N-methyl/N-ethyl adjacent to an activating group) is 1. The summed E-state index contributed by atoms with van der Waals surface area (Å²) in [4.78, 5) is 29.3. The number of hydrogen-bond acceptors (Lipinski definition) is 4. The SMILES string of the molecule is COc1ccc(Cl)cc1C(=O)N1CCC[C@H]1C(=O)N(C)Cc1ccc(OC(F)F)cc1. The maximum Gasteiger partial charge on any atom is 0.387 e. The Morgan fingerprint density at radius 3 is 2.58 bits per heavy atom. The van der Waals surface area contributed by atoms with E-state index in [1.165, 1.54) is 30.2 Å². The molecule has 1 fully saturated rings. The van der Waals surface area contributed by atoms with Gasteiger partial charge in [-0.2, -0.15) is 8.78 Å². The molecule has 2 aromatic rings. The van der Waals surface area contributed by atoms with E-state index in [4.69, 9.17) is 16.3 Å². The van der Waals surface area contributed by atoms with Crippen LogP contribution in [-0.4, -0.2) is 55.0 Å². The summed E-state index contributed by atoms with van der Waals surface area (Å²) in [6.07, 6.45) is 1.26. The highest BCUT2D eigenvalue weighted by molar-refractivity contribution is 6.31. The molecule has 1 atom stereocenters. The van der Waals surface area contributed by atoms with Crippen molar-refractivity contribution in [1.82, 2.24) is 9.80 Å². The molecule has 31 heavy (non-hydrogen) atoms. The molecular formula is C22H23ClF2N2O4. The topological polar surface area (TPSA) is 59.1 Å². The van der Waals surface area contributed by atoms with Crippen LogP contribution < -0.4 is 9.47 Å². The molecule has 0 radical (unpaired) electrons. The summed E-state index contributed by atoms with van der Waals surface area (Å²) in [5.41, 5.74) is 1.07. The molecule has 2 amide bonds. The van der Waals surface area contributed by atoms with Crippen molar-refractivity contribution in [1.29, 1.82) is 0 Å². The molecule has 1 heterocycles. The number of carbonyl (C=O) groups is 2. The molecule has 0 N–H and O–H groups in total. The number of ether oxygens (including phenoxy) is 2. The van der Waals surface area contributed by atoms with Crippen molar-refractivity contribution in [2.75, 3.05) is 20.7 Å². The van der Waals surface area contributed by atoms with Gasteiger partial charge >= 0.3 is 6.61 Å². The fourth-order valence-corrected chi connectivity index (χ4v) is 3.82. The summed E-state index contributed by atoms with van der Waals surface area (Å²) in [6.45, 7) is -2.16. The number of carbonyl (C=O) groups excluding carboxylic acids is 2. The predicted octanol–water partition coefficient (Wildman–Crippen LogP) is 4.21. The van der Waals surface area contributed by atoms with Gasteiger partial charge in [0.25, 0.3) is 5.91 Å². The van der Waals surface area contributed by atoms with Gasteiger partial charge in [0.15, 0.2) is 0 Å². The molecule has 0 saturated carbocycles. The Morgan fingerprint density at radius 1 is 1.23 bits per heavy atom. The lowest BCUT2D eigenvalue weighted by atomic mass is 10.1. The molecule has 1 saturated heterocycles. The van der Waals surface area contributed by atoms with Crippen LogP contribution in [0.5, 0.6) is 11.5 Å². The molecule has 0 bridgehead atoms. The zero-order valence-electron chi connectivity index (χ0n) is 17.2. The van der Waals surface area contributed by atoms with Gasteiger partial charge in [-0.15, -0.1) is 0 Å². The molecule has 1 aliphatic heterocycles. The van der Waals surface area contributed by atoms with Crippen LogP contribution in [0, 0.1) is 0 Å². The Hall–Kier alpha value is -2.87. The van der Waals surface area contributed by atoms with Crippen molar-refractivity contribution in [2.24, 2.45) is 0 Å². The first kappa shape index (κ1) is 22.8. The summed E-state index contributed by atoms with van der Waals surface area (Å²) in [5, 5.41) is 0.405. The van der Waals surface area contributed by atoms with Crippen molar-refractivity contribution in [3.05, 3.63) is 58.6 Å².